The Morgan fingerprint density at radius 1 is 0.975 bits per heavy atom. The Morgan fingerprint density at radius 2 is 1.70 bits per heavy atom. The summed E-state index contributed by atoms with van der Waals surface area (Å²) in [4.78, 5) is 12.8. The summed E-state index contributed by atoms with van der Waals surface area (Å²) in [7, 11) is 0. The maximum atomic E-state index is 12.8. The van der Waals surface area contributed by atoms with Gasteiger partial charge in [0, 0.05) is 23.8 Å². The lowest BCUT2D eigenvalue weighted by Gasteiger charge is -2.42. The van der Waals surface area contributed by atoms with Crippen LogP contribution < -0.4 is 10.2 Å². The van der Waals surface area contributed by atoms with Crippen LogP contribution in [0.5, 0.6) is 17.2 Å². The fourth-order valence-electron chi connectivity index (χ4n) is 4.57. The number of hydrogen-bond donors (Lipinski definition) is 8. The monoisotopic (exact) mass is 564 g/mol. The van der Waals surface area contributed by atoms with E-state index >= 15 is 0 Å². The second-order valence-corrected chi connectivity index (χ2v) is 9.65. The summed E-state index contributed by atoms with van der Waals surface area (Å²) in [5.41, 5.74) is -2.22. The van der Waals surface area contributed by atoms with E-state index in [1.54, 1.807) is 0 Å². The second kappa shape index (κ2) is 10.9. The van der Waals surface area contributed by atoms with E-state index in [1.165, 1.54) is 36.4 Å². The van der Waals surface area contributed by atoms with Crippen molar-refractivity contribution in [1.82, 2.24) is 0 Å². The van der Waals surface area contributed by atoms with Gasteiger partial charge in [-0.15, -0.1) is 0 Å². The van der Waals surface area contributed by atoms with Crippen LogP contribution in [0.1, 0.15) is 0 Å². The summed E-state index contributed by atoms with van der Waals surface area (Å²) in [6, 6.07) is 9.37. The lowest BCUT2D eigenvalue weighted by Crippen LogP contribution is -2.62. The number of benzene rings is 2. The molecule has 0 aliphatic carbocycles. The van der Waals surface area contributed by atoms with Crippen molar-refractivity contribution in [3.63, 3.8) is 0 Å². The number of phenols is 2. The first-order chi connectivity index (χ1) is 19.0. The van der Waals surface area contributed by atoms with E-state index in [4.69, 9.17) is 23.4 Å². The van der Waals surface area contributed by atoms with Crippen LogP contribution in [0, 0.1) is 0 Å². The molecule has 40 heavy (non-hydrogen) atoms. The molecule has 2 saturated heterocycles. The zero-order valence-corrected chi connectivity index (χ0v) is 20.7. The SMILES string of the molecule is O=c1cc(-c2ccc(O)cc2)oc2cc(O[C@@H]3O[C@@H](CO)[C@@H](O)[C@@H](O)[C@H]3O[C@@H]3OC[C@@](O)(CO)[C@H]3O)cc(O)c12. The quantitative estimate of drug-likeness (QED) is 0.164. The molecule has 1 aromatic heterocycles. The van der Waals surface area contributed by atoms with Gasteiger partial charge >= 0.3 is 0 Å². The largest absolute Gasteiger partial charge is 0.508 e. The molecule has 2 aliphatic heterocycles. The topological polar surface area (TPSA) is 229 Å². The minimum atomic E-state index is -2.04. The normalized spacial score (nSPS) is 32.4. The number of rotatable bonds is 7. The van der Waals surface area contributed by atoms with E-state index < -0.39 is 79.7 Å². The summed E-state index contributed by atoms with van der Waals surface area (Å²) in [5, 5.41) is 80.7. The van der Waals surface area contributed by atoms with E-state index in [1.807, 2.05) is 0 Å². The zero-order chi connectivity index (χ0) is 28.8. The van der Waals surface area contributed by atoms with Crippen molar-refractivity contribution in [1.29, 1.82) is 0 Å². The van der Waals surface area contributed by atoms with Crippen LogP contribution in [0.25, 0.3) is 22.3 Å². The Morgan fingerprint density at radius 3 is 2.35 bits per heavy atom. The van der Waals surface area contributed by atoms with Crippen LogP contribution in [0.15, 0.2) is 51.7 Å². The molecule has 2 aromatic carbocycles. The van der Waals surface area contributed by atoms with Gasteiger partial charge in [0.1, 0.15) is 64.0 Å². The highest BCUT2D eigenvalue weighted by atomic mass is 16.8. The number of phenolic OH excluding ortho intramolecular Hbond substituents is 2. The standard InChI is InChI=1S/C26H28O14/c27-8-18-20(32)21(33)22(40-25-23(34)26(35,9-28)10-36-25)24(39-18)37-13-5-14(30)19-15(31)7-16(38-17(19)6-13)11-1-3-12(29)4-2-11/h1-7,18,20-25,27-30,32-35H,8-10H2/t18-,20+,21+,22+,23-,24+,25-,26-/m0/s1. The predicted octanol–water partition coefficient (Wildman–Crippen LogP) is -1.49. The van der Waals surface area contributed by atoms with Crippen molar-refractivity contribution in [3.05, 3.63) is 52.7 Å². The van der Waals surface area contributed by atoms with Crippen molar-refractivity contribution < 1.29 is 64.2 Å². The molecule has 0 radical (unpaired) electrons. The minimum absolute atomic E-state index is 0.00882. The third-order valence-corrected chi connectivity index (χ3v) is 6.88. The fourth-order valence-corrected chi connectivity index (χ4v) is 4.57. The van der Waals surface area contributed by atoms with E-state index in [-0.39, 0.29) is 28.2 Å². The molecule has 14 nitrogen and oxygen atoms in total. The van der Waals surface area contributed by atoms with Crippen LogP contribution in [0.2, 0.25) is 0 Å². The minimum Gasteiger partial charge on any atom is -0.508 e. The first-order valence-corrected chi connectivity index (χ1v) is 12.2. The van der Waals surface area contributed by atoms with E-state index in [9.17, 15) is 45.6 Å². The van der Waals surface area contributed by atoms with Gasteiger partial charge in [0.05, 0.1) is 19.8 Å². The number of ether oxygens (including phenoxy) is 4. The van der Waals surface area contributed by atoms with Gasteiger partial charge in [-0.25, -0.2) is 0 Å². The lowest BCUT2D eigenvalue weighted by atomic mass is 9.98. The Balaban J connectivity index is 1.47. The van der Waals surface area contributed by atoms with Gasteiger partial charge in [-0.1, -0.05) is 0 Å². The molecule has 0 bridgehead atoms. The van der Waals surface area contributed by atoms with Gasteiger partial charge < -0.3 is 64.2 Å². The molecule has 0 amide bonds. The number of fused-ring (bicyclic) bond motifs is 1. The van der Waals surface area contributed by atoms with Gasteiger partial charge in [-0.2, -0.15) is 0 Å². The second-order valence-electron chi connectivity index (χ2n) is 9.65. The van der Waals surface area contributed by atoms with Gasteiger partial charge in [0.15, 0.2) is 17.8 Å². The maximum Gasteiger partial charge on any atom is 0.229 e. The van der Waals surface area contributed by atoms with E-state index in [2.05, 4.69) is 0 Å². The van der Waals surface area contributed by atoms with Crippen LogP contribution >= 0.6 is 0 Å². The van der Waals surface area contributed by atoms with Crippen LogP contribution in [0.3, 0.4) is 0 Å². The molecule has 5 rings (SSSR count). The average molecular weight is 564 g/mol. The zero-order valence-electron chi connectivity index (χ0n) is 20.7. The molecular weight excluding hydrogens is 536 g/mol. The van der Waals surface area contributed by atoms with Crippen molar-refractivity contribution in [3.8, 4) is 28.6 Å². The summed E-state index contributed by atoms with van der Waals surface area (Å²) < 4.78 is 28.0. The Labute approximate surface area is 225 Å². The highest BCUT2D eigenvalue weighted by molar-refractivity contribution is 5.86. The van der Waals surface area contributed by atoms with Crippen molar-refractivity contribution in [2.24, 2.45) is 0 Å². The Bertz CT molecular complexity index is 1410. The van der Waals surface area contributed by atoms with Crippen molar-refractivity contribution >= 4 is 11.0 Å². The van der Waals surface area contributed by atoms with E-state index in [0.717, 1.165) is 6.07 Å². The third kappa shape index (κ3) is 5.12. The highest BCUT2D eigenvalue weighted by Crippen LogP contribution is 2.35. The number of aromatic hydroxyl groups is 2. The molecular formula is C26H28O14. The fraction of sp³-hybridized carbons (Fsp3) is 0.423. The average Bonchev–Trinajstić information content (AvgIpc) is 3.21. The first-order valence-electron chi connectivity index (χ1n) is 12.2. The van der Waals surface area contributed by atoms with Gasteiger partial charge in [0.2, 0.25) is 6.29 Å². The van der Waals surface area contributed by atoms with E-state index in [0.29, 0.717) is 5.56 Å². The number of hydrogen-bond acceptors (Lipinski definition) is 14. The summed E-state index contributed by atoms with van der Waals surface area (Å²) in [6.45, 7) is -2.06. The van der Waals surface area contributed by atoms with Gasteiger partial charge in [-0.05, 0) is 24.3 Å². The lowest BCUT2D eigenvalue weighted by molar-refractivity contribution is -0.318. The van der Waals surface area contributed by atoms with Gasteiger partial charge in [-0.3, -0.25) is 4.79 Å². The summed E-state index contributed by atoms with van der Waals surface area (Å²) in [5.74, 6) is -0.496. The van der Waals surface area contributed by atoms with Crippen LogP contribution in [0.4, 0.5) is 0 Å². The Hall–Kier alpha value is -3.31. The van der Waals surface area contributed by atoms with Gasteiger partial charge in [0.25, 0.3) is 0 Å². The van der Waals surface area contributed by atoms with Crippen molar-refractivity contribution in [2.75, 3.05) is 19.8 Å². The van der Waals surface area contributed by atoms with Crippen LogP contribution in [-0.2, 0) is 14.2 Å². The number of aliphatic hydroxyl groups is 6. The smallest absolute Gasteiger partial charge is 0.229 e. The molecule has 3 heterocycles. The maximum absolute atomic E-state index is 12.8. The molecule has 14 heteroatoms. The predicted molar refractivity (Wildman–Crippen MR) is 132 cm³/mol. The Kier molecular flexibility index (Phi) is 7.71. The molecule has 8 atom stereocenters. The molecule has 0 unspecified atom stereocenters. The first kappa shape index (κ1) is 28.2. The molecule has 3 aromatic rings. The molecule has 0 saturated carbocycles. The number of aliphatic hydroxyl groups excluding tert-OH is 5. The summed E-state index contributed by atoms with van der Waals surface area (Å²) in [6.07, 6.45) is -11.2. The van der Waals surface area contributed by atoms with Crippen LogP contribution in [-0.4, -0.2) is 109 Å². The summed E-state index contributed by atoms with van der Waals surface area (Å²) >= 11 is 0. The molecule has 8 N–H and O–H groups in total. The molecule has 2 fully saturated rings. The third-order valence-electron chi connectivity index (χ3n) is 6.88. The highest BCUT2D eigenvalue weighted by Gasteiger charge is 2.53. The van der Waals surface area contributed by atoms with Crippen molar-refractivity contribution in [2.45, 2.75) is 48.7 Å². The molecule has 216 valence electrons. The molecule has 0 spiro atoms. The molecule has 2 aliphatic rings.